The Bertz CT molecular complexity index is 1120. The van der Waals surface area contributed by atoms with Crippen LogP contribution in [-0.4, -0.2) is 60.0 Å². The zero-order valence-corrected chi connectivity index (χ0v) is 17.8. The van der Waals surface area contributed by atoms with E-state index in [4.69, 9.17) is 22.2 Å². The molecule has 2 amide bonds. The van der Waals surface area contributed by atoms with Crippen molar-refractivity contribution in [2.75, 3.05) is 11.5 Å². The zero-order valence-electron chi connectivity index (χ0n) is 15.4. The summed E-state index contributed by atoms with van der Waals surface area (Å²) in [5.74, 6) is -1.88. The number of nitrogens with one attached hydrogen (secondary N) is 1. The highest BCUT2D eigenvalue weighted by molar-refractivity contribution is 8.00. The number of halogens is 1. The van der Waals surface area contributed by atoms with E-state index in [0.717, 1.165) is 16.4 Å². The SMILES string of the molecule is Nc1nc(/C(=N\Oc2ccc(Cl)cc2)C(=O)NC2C(=O)N3C(C(=O)O)=CCSC23)ns1. The Morgan fingerprint density at radius 3 is 2.74 bits per heavy atom. The Labute approximate surface area is 188 Å². The Morgan fingerprint density at radius 2 is 2.10 bits per heavy atom. The van der Waals surface area contributed by atoms with Crippen molar-refractivity contribution in [3.8, 4) is 5.75 Å². The molecule has 4 rings (SSSR count). The monoisotopic (exact) mass is 480 g/mol. The van der Waals surface area contributed by atoms with Crippen LogP contribution in [0.2, 0.25) is 5.02 Å². The predicted molar refractivity (Wildman–Crippen MR) is 114 cm³/mol. The molecule has 2 aromatic rings. The summed E-state index contributed by atoms with van der Waals surface area (Å²) in [5, 5.41) is 15.7. The number of carbonyl (C=O) groups is 3. The third-order valence-electron chi connectivity index (χ3n) is 4.28. The van der Waals surface area contributed by atoms with E-state index in [1.165, 1.54) is 17.8 Å². The largest absolute Gasteiger partial charge is 0.477 e. The molecule has 2 aliphatic rings. The molecule has 2 aliphatic heterocycles. The number of carbonyl (C=O) groups excluding carboxylic acids is 2. The lowest BCUT2D eigenvalue weighted by Crippen LogP contribution is -2.70. The number of carboxylic acid groups (broad SMARTS) is 1. The fourth-order valence-electron chi connectivity index (χ4n) is 2.86. The average molecular weight is 481 g/mol. The highest BCUT2D eigenvalue weighted by atomic mass is 35.5. The number of carboxylic acids is 1. The summed E-state index contributed by atoms with van der Waals surface area (Å²) < 4.78 is 3.98. The van der Waals surface area contributed by atoms with Crippen LogP contribution in [0.3, 0.4) is 0 Å². The third kappa shape index (κ3) is 4.19. The van der Waals surface area contributed by atoms with E-state index in [-0.39, 0.29) is 22.4 Å². The summed E-state index contributed by atoms with van der Waals surface area (Å²) >= 11 is 8.03. The summed E-state index contributed by atoms with van der Waals surface area (Å²) in [4.78, 5) is 47.1. The molecule has 3 heterocycles. The summed E-state index contributed by atoms with van der Waals surface area (Å²) in [6.45, 7) is 0. The molecule has 2 unspecified atom stereocenters. The van der Waals surface area contributed by atoms with Gasteiger partial charge in [0.1, 0.15) is 17.1 Å². The molecule has 1 aromatic heterocycles. The van der Waals surface area contributed by atoms with Crippen LogP contribution in [0.4, 0.5) is 5.13 Å². The van der Waals surface area contributed by atoms with Crippen molar-refractivity contribution in [1.82, 2.24) is 19.6 Å². The molecule has 160 valence electrons. The number of hydrogen-bond acceptors (Lipinski definition) is 10. The van der Waals surface area contributed by atoms with Crippen LogP contribution in [-0.2, 0) is 14.4 Å². The molecule has 0 aliphatic carbocycles. The smallest absolute Gasteiger partial charge is 0.352 e. The van der Waals surface area contributed by atoms with Gasteiger partial charge in [0.2, 0.25) is 11.5 Å². The fraction of sp³-hybridized carbons (Fsp3) is 0.176. The number of nitrogens with two attached hydrogens (primary N) is 1. The Hall–Kier alpha value is -3.16. The first-order valence-corrected chi connectivity index (χ1v) is 10.8. The number of hydrogen-bond donors (Lipinski definition) is 3. The number of aromatic nitrogens is 2. The van der Waals surface area contributed by atoms with E-state index in [1.807, 2.05) is 0 Å². The molecule has 11 nitrogen and oxygen atoms in total. The number of benzene rings is 1. The number of β-lactam (4-membered cyclic amide) rings is 1. The number of rotatable bonds is 6. The molecule has 1 saturated heterocycles. The van der Waals surface area contributed by atoms with Gasteiger partial charge in [0, 0.05) is 22.3 Å². The van der Waals surface area contributed by atoms with Gasteiger partial charge in [0.25, 0.3) is 11.8 Å². The second-order valence-electron chi connectivity index (χ2n) is 6.22. The number of thioether (sulfide) groups is 1. The number of anilines is 1. The van der Waals surface area contributed by atoms with Crippen LogP contribution >= 0.6 is 34.9 Å². The number of aliphatic carboxylic acids is 1. The Kier molecular flexibility index (Phi) is 5.80. The normalized spacial score (nSPS) is 20.4. The third-order valence-corrected chi connectivity index (χ3v) is 6.25. The van der Waals surface area contributed by atoms with Crippen LogP contribution in [0, 0.1) is 0 Å². The van der Waals surface area contributed by atoms with Crippen molar-refractivity contribution in [1.29, 1.82) is 0 Å². The maximum absolute atomic E-state index is 12.9. The summed E-state index contributed by atoms with van der Waals surface area (Å²) in [5.41, 5.74) is 5.22. The molecule has 14 heteroatoms. The van der Waals surface area contributed by atoms with Gasteiger partial charge in [-0.2, -0.15) is 9.36 Å². The Balaban J connectivity index is 1.54. The van der Waals surface area contributed by atoms with Crippen LogP contribution in [0.15, 0.2) is 41.2 Å². The van der Waals surface area contributed by atoms with Gasteiger partial charge >= 0.3 is 5.97 Å². The number of nitrogen functional groups attached to an aromatic ring is 1. The fourth-order valence-corrected chi connectivity index (χ4v) is 4.61. The maximum Gasteiger partial charge on any atom is 0.352 e. The van der Waals surface area contributed by atoms with Gasteiger partial charge < -0.3 is 21.0 Å². The van der Waals surface area contributed by atoms with Crippen molar-refractivity contribution in [3.05, 3.63) is 46.9 Å². The minimum atomic E-state index is -1.20. The average Bonchev–Trinajstić information content (AvgIpc) is 3.18. The second kappa shape index (κ2) is 8.53. The molecule has 0 spiro atoms. The highest BCUT2D eigenvalue weighted by Crippen LogP contribution is 2.37. The van der Waals surface area contributed by atoms with Crippen LogP contribution in [0.1, 0.15) is 5.82 Å². The van der Waals surface area contributed by atoms with Crippen LogP contribution in [0.5, 0.6) is 5.75 Å². The topological polar surface area (TPSA) is 160 Å². The van der Waals surface area contributed by atoms with Crippen molar-refractivity contribution < 1.29 is 24.3 Å². The van der Waals surface area contributed by atoms with Gasteiger partial charge in [-0.25, -0.2) is 4.79 Å². The van der Waals surface area contributed by atoms with Gasteiger partial charge in [0.15, 0.2) is 10.9 Å². The number of amides is 2. The number of oxime groups is 1. The molecule has 0 radical (unpaired) electrons. The first-order chi connectivity index (χ1) is 14.8. The van der Waals surface area contributed by atoms with Crippen LogP contribution < -0.4 is 15.9 Å². The summed E-state index contributed by atoms with van der Waals surface area (Å²) in [6.07, 6.45) is 1.45. The van der Waals surface area contributed by atoms with E-state index in [0.29, 0.717) is 16.5 Å². The van der Waals surface area contributed by atoms with E-state index in [9.17, 15) is 19.5 Å². The highest BCUT2D eigenvalue weighted by Gasteiger charge is 2.53. The number of fused-ring (bicyclic) bond motifs is 1. The molecule has 2 atom stereocenters. The Morgan fingerprint density at radius 1 is 1.35 bits per heavy atom. The second-order valence-corrected chi connectivity index (χ2v) is 8.59. The van der Waals surface area contributed by atoms with E-state index >= 15 is 0 Å². The van der Waals surface area contributed by atoms with Crippen molar-refractivity contribution in [2.24, 2.45) is 5.16 Å². The number of nitrogens with zero attached hydrogens (tertiary/aromatic N) is 4. The summed E-state index contributed by atoms with van der Waals surface area (Å²) in [6, 6.07) is 5.34. The molecule has 0 saturated carbocycles. The van der Waals surface area contributed by atoms with Gasteiger partial charge in [0.05, 0.1) is 0 Å². The van der Waals surface area contributed by atoms with Crippen molar-refractivity contribution in [2.45, 2.75) is 11.4 Å². The molecular formula is C17H13ClN6O5S2. The molecule has 1 aromatic carbocycles. The minimum Gasteiger partial charge on any atom is -0.477 e. The molecule has 4 N–H and O–H groups in total. The van der Waals surface area contributed by atoms with Gasteiger partial charge in [-0.05, 0) is 30.3 Å². The van der Waals surface area contributed by atoms with Crippen molar-refractivity contribution in [3.63, 3.8) is 0 Å². The first-order valence-electron chi connectivity index (χ1n) is 8.64. The minimum absolute atomic E-state index is 0.0694. The maximum atomic E-state index is 12.9. The van der Waals surface area contributed by atoms with E-state index in [1.54, 1.807) is 24.3 Å². The summed E-state index contributed by atoms with van der Waals surface area (Å²) in [7, 11) is 0. The van der Waals surface area contributed by atoms with Crippen molar-refractivity contribution >= 4 is 63.5 Å². The lowest BCUT2D eigenvalue weighted by atomic mass is 10.0. The van der Waals surface area contributed by atoms with Gasteiger partial charge in [-0.15, -0.1) is 11.8 Å². The molecule has 0 bridgehead atoms. The zero-order chi connectivity index (χ0) is 22.1. The van der Waals surface area contributed by atoms with E-state index < -0.39 is 29.2 Å². The lowest BCUT2D eigenvalue weighted by molar-refractivity contribution is -0.150. The molecule has 1 fully saturated rings. The first kappa shape index (κ1) is 21.1. The van der Waals surface area contributed by atoms with Gasteiger partial charge in [-0.1, -0.05) is 16.8 Å². The molecular weight excluding hydrogens is 468 g/mol. The standard InChI is InChI=1S/C17H13ClN6O5S2/c18-7-1-3-8(4-2-7)29-22-10(12-21-17(19)31-23-12)13(25)20-11-14(26)24-9(16(27)28)5-6-30-15(11)24/h1-5,11,15H,6H2,(H,20,25)(H,27,28)(H2,19,21,23)/b22-10+. The lowest BCUT2D eigenvalue weighted by Gasteiger charge is -2.48. The predicted octanol–water partition coefficient (Wildman–Crippen LogP) is 0.925. The van der Waals surface area contributed by atoms with Crippen LogP contribution in [0.25, 0.3) is 0 Å². The van der Waals surface area contributed by atoms with Gasteiger partial charge in [-0.3, -0.25) is 14.5 Å². The van der Waals surface area contributed by atoms with E-state index in [2.05, 4.69) is 19.8 Å². The molecule has 31 heavy (non-hydrogen) atoms. The quantitative estimate of drug-likeness (QED) is 0.310.